The highest BCUT2D eigenvalue weighted by Crippen LogP contribution is 2.47. The molecule has 0 bridgehead atoms. The smallest absolute Gasteiger partial charge is 0.352 e. The van der Waals surface area contributed by atoms with E-state index in [-0.39, 0.29) is 30.2 Å². The zero-order chi connectivity index (χ0) is 19.6. The molecule has 0 aromatic heterocycles. The summed E-state index contributed by atoms with van der Waals surface area (Å²) in [5.74, 6) is -1.80. The van der Waals surface area contributed by atoms with E-state index >= 15 is 0 Å². The van der Waals surface area contributed by atoms with Crippen LogP contribution in [0.1, 0.15) is 19.8 Å². The first kappa shape index (κ1) is 19.8. The number of aliphatic imine (C=N–C) groups is 1. The molecule has 9 nitrogen and oxygen atoms in total. The summed E-state index contributed by atoms with van der Waals surface area (Å²) in [7, 11) is 0. The van der Waals surface area contributed by atoms with Gasteiger partial charge >= 0.3 is 5.97 Å². The van der Waals surface area contributed by atoms with Gasteiger partial charge in [0, 0.05) is 19.0 Å². The number of fused-ring (bicyclic) bond motifs is 1. The van der Waals surface area contributed by atoms with Crippen molar-refractivity contribution in [1.82, 2.24) is 9.80 Å². The number of β-lactam (4-membered cyclic amide) rings is 1. The molecule has 0 radical (unpaired) electrons. The molecular weight excluding hydrogens is 354 g/mol. The van der Waals surface area contributed by atoms with Crippen molar-refractivity contribution in [3.63, 3.8) is 0 Å². The molecule has 3 heterocycles. The highest BCUT2D eigenvalue weighted by atomic mass is 16.5. The number of carboxylic acids is 1. The number of carboxylic acid groups (broad SMARTS) is 1. The van der Waals surface area contributed by atoms with Gasteiger partial charge in [-0.1, -0.05) is 0 Å². The third kappa shape index (κ3) is 3.85. The summed E-state index contributed by atoms with van der Waals surface area (Å²) in [4.78, 5) is 31.8. The number of amides is 1. The minimum absolute atomic E-state index is 0.00499. The fraction of sp³-hybridized carbons (Fsp3) is 0.722. The summed E-state index contributed by atoms with van der Waals surface area (Å²) in [6, 6.07) is -0.231. The molecule has 3 N–H and O–H groups in total. The van der Waals surface area contributed by atoms with Gasteiger partial charge in [0.15, 0.2) is 0 Å². The van der Waals surface area contributed by atoms with Gasteiger partial charge in [-0.2, -0.15) is 0 Å². The Morgan fingerprint density at radius 2 is 2.22 bits per heavy atom. The van der Waals surface area contributed by atoms with Gasteiger partial charge in [0.05, 0.1) is 50.8 Å². The van der Waals surface area contributed by atoms with E-state index < -0.39 is 18.0 Å². The average molecular weight is 381 g/mol. The van der Waals surface area contributed by atoms with Crippen LogP contribution in [-0.4, -0.2) is 94.9 Å². The second-order valence-corrected chi connectivity index (χ2v) is 7.26. The molecule has 3 rings (SSSR count). The van der Waals surface area contributed by atoms with Crippen LogP contribution < -0.4 is 0 Å². The number of carbonyl (C=O) groups is 2. The number of likely N-dealkylation sites (tertiary alicyclic amines) is 1. The molecule has 4 atom stereocenters. The molecule has 0 spiro atoms. The van der Waals surface area contributed by atoms with Gasteiger partial charge < -0.3 is 29.9 Å². The van der Waals surface area contributed by atoms with Crippen LogP contribution in [0, 0.1) is 11.8 Å². The predicted molar refractivity (Wildman–Crippen MR) is 96.0 cm³/mol. The molecule has 9 heteroatoms. The van der Waals surface area contributed by atoms with E-state index in [4.69, 9.17) is 9.84 Å². The number of aliphatic hydroxyl groups is 2. The van der Waals surface area contributed by atoms with Crippen LogP contribution in [0.25, 0.3) is 0 Å². The molecule has 0 unspecified atom stereocenters. The van der Waals surface area contributed by atoms with E-state index in [0.29, 0.717) is 32.7 Å². The molecular formula is C18H27N3O6. The van der Waals surface area contributed by atoms with E-state index in [1.165, 1.54) is 4.90 Å². The maximum atomic E-state index is 12.3. The van der Waals surface area contributed by atoms with Gasteiger partial charge in [-0.05, 0) is 25.3 Å². The second-order valence-electron chi connectivity index (χ2n) is 7.26. The van der Waals surface area contributed by atoms with E-state index in [2.05, 4.69) is 4.99 Å². The lowest BCUT2D eigenvalue weighted by Crippen LogP contribution is -2.61. The van der Waals surface area contributed by atoms with Crippen LogP contribution in [0.5, 0.6) is 0 Å². The number of aliphatic hydroxyl groups excluding tert-OH is 2. The van der Waals surface area contributed by atoms with Crippen molar-refractivity contribution in [1.29, 1.82) is 0 Å². The summed E-state index contributed by atoms with van der Waals surface area (Å²) in [6.45, 7) is 4.27. The molecule has 0 aromatic rings. The quantitative estimate of drug-likeness (QED) is 0.209. The Morgan fingerprint density at radius 1 is 1.44 bits per heavy atom. The third-order valence-corrected chi connectivity index (χ3v) is 5.52. The molecule has 2 fully saturated rings. The molecule has 2 saturated heterocycles. The molecule has 27 heavy (non-hydrogen) atoms. The first-order valence-electron chi connectivity index (χ1n) is 9.35. The first-order valence-corrected chi connectivity index (χ1v) is 9.35. The molecule has 150 valence electrons. The molecule has 1 amide bonds. The zero-order valence-corrected chi connectivity index (χ0v) is 15.5. The van der Waals surface area contributed by atoms with Gasteiger partial charge in [0.25, 0.3) is 0 Å². The lowest BCUT2D eigenvalue weighted by molar-refractivity contribution is -0.161. The first-order chi connectivity index (χ1) is 13.0. The van der Waals surface area contributed by atoms with Crippen LogP contribution in [0.2, 0.25) is 0 Å². The standard InChI is InChI=1S/C18H27N3O6/c1-11(23)15-14-8-13(16(18(25)26)21(14)17(15)24)12-2-4-20(9-12)10-19-3-6-27-7-5-22/h10-12,14-15,22-23H,2-9H2,1H3,(H,25,26)/b19-10+/t11-,12-,14-,15-/m1/s1. The highest BCUT2D eigenvalue weighted by Gasteiger charge is 2.57. The minimum Gasteiger partial charge on any atom is -0.477 e. The Hall–Kier alpha value is -1.97. The number of carbonyl (C=O) groups excluding carboxylic acids is 1. The van der Waals surface area contributed by atoms with Gasteiger partial charge in [-0.3, -0.25) is 9.79 Å². The van der Waals surface area contributed by atoms with Crippen LogP contribution >= 0.6 is 0 Å². The van der Waals surface area contributed by atoms with Gasteiger partial charge in [-0.25, -0.2) is 4.79 Å². The SMILES string of the molecule is C[C@@H](O)[C@H]1C(=O)N2C(C(=O)O)=C([C@@H]3CCN(/C=N/CCOCCO)C3)C[C@H]12. The Kier molecular flexibility index (Phi) is 6.13. The van der Waals surface area contributed by atoms with E-state index in [1.807, 2.05) is 4.90 Å². The molecule has 0 aliphatic carbocycles. The largest absolute Gasteiger partial charge is 0.477 e. The summed E-state index contributed by atoms with van der Waals surface area (Å²) < 4.78 is 5.15. The average Bonchev–Trinajstić information content (AvgIpc) is 3.20. The Bertz CT molecular complexity index is 647. The molecule has 3 aliphatic heterocycles. The number of rotatable bonds is 9. The van der Waals surface area contributed by atoms with Crippen LogP contribution in [0.15, 0.2) is 16.3 Å². The highest BCUT2D eigenvalue weighted by molar-refractivity contribution is 5.99. The lowest BCUT2D eigenvalue weighted by atomic mass is 9.82. The maximum Gasteiger partial charge on any atom is 0.352 e. The van der Waals surface area contributed by atoms with Gasteiger partial charge in [-0.15, -0.1) is 0 Å². The predicted octanol–water partition coefficient (Wildman–Crippen LogP) is -0.704. The van der Waals surface area contributed by atoms with Crippen molar-refractivity contribution in [3.05, 3.63) is 11.3 Å². The van der Waals surface area contributed by atoms with Crippen molar-refractivity contribution < 1.29 is 29.6 Å². The summed E-state index contributed by atoms with van der Waals surface area (Å²) >= 11 is 0. The van der Waals surface area contributed by atoms with Gasteiger partial charge in [0.2, 0.25) is 5.91 Å². The van der Waals surface area contributed by atoms with Crippen molar-refractivity contribution in [2.24, 2.45) is 16.8 Å². The third-order valence-electron chi connectivity index (χ3n) is 5.52. The fourth-order valence-corrected chi connectivity index (χ4v) is 4.30. The maximum absolute atomic E-state index is 12.3. The van der Waals surface area contributed by atoms with Crippen molar-refractivity contribution >= 4 is 18.2 Å². The van der Waals surface area contributed by atoms with Crippen molar-refractivity contribution in [2.45, 2.75) is 31.9 Å². The van der Waals surface area contributed by atoms with E-state index in [0.717, 1.165) is 18.5 Å². The van der Waals surface area contributed by atoms with Crippen LogP contribution in [0.4, 0.5) is 0 Å². The Morgan fingerprint density at radius 3 is 2.89 bits per heavy atom. The van der Waals surface area contributed by atoms with Gasteiger partial charge in [0.1, 0.15) is 5.70 Å². The summed E-state index contributed by atoms with van der Waals surface area (Å²) in [5.41, 5.74) is 0.925. The monoisotopic (exact) mass is 381 g/mol. The normalized spacial score (nSPS) is 28.9. The Balaban J connectivity index is 1.61. The number of ether oxygens (including phenoxy) is 1. The van der Waals surface area contributed by atoms with Crippen molar-refractivity contribution in [2.75, 3.05) is 39.5 Å². The van der Waals surface area contributed by atoms with E-state index in [9.17, 15) is 19.8 Å². The topological polar surface area (TPSA) is 123 Å². The fourth-order valence-electron chi connectivity index (χ4n) is 4.30. The number of hydrogen-bond acceptors (Lipinski definition) is 6. The molecule has 0 aromatic carbocycles. The molecule has 0 saturated carbocycles. The Labute approximate surface area is 157 Å². The van der Waals surface area contributed by atoms with Crippen molar-refractivity contribution in [3.8, 4) is 0 Å². The van der Waals surface area contributed by atoms with Crippen LogP contribution in [-0.2, 0) is 14.3 Å². The molecule has 3 aliphatic rings. The van der Waals surface area contributed by atoms with E-state index in [1.54, 1.807) is 13.3 Å². The van der Waals surface area contributed by atoms with Crippen LogP contribution in [0.3, 0.4) is 0 Å². The number of hydrogen-bond donors (Lipinski definition) is 3. The minimum atomic E-state index is -1.07. The number of aliphatic carboxylic acids is 1. The second kappa shape index (κ2) is 8.37. The number of nitrogens with zero attached hydrogens (tertiary/aromatic N) is 3. The summed E-state index contributed by atoms with van der Waals surface area (Å²) in [5, 5.41) is 28.1. The summed E-state index contributed by atoms with van der Waals surface area (Å²) in [6.07, 6.45) is 2.32. The zero-order valence-electron chi connectivity index (χ0n) is 15.5. The lowest BCUT2D eigenvalue weighted by Gasteiger charge is -2.44.